The molecule has 2 heterocycles. The lowest BCUT2D eigenvalue weighted by atomic mass is 10.1. The van der Waals surface area contributed by atoms with E-state index in [1.807, 2.05) is 77.1 Å². The van der Waals surface area contributed by atoms with Crippen LogP contribution in [0, 0.1) is 0 Å². The Morgan fingerprint density at radius 1 is 1.02 bits per heavy atom. The van der Waals surface area contributed by atoms with Crippen LogP contribution in [0.3, 0.4) is 0 Å². The largest absolute Gasteiger partial charge is 0.492 e. The molecule has 7 nitrogen and oxygen atoms in total. The summed E-state index contributed by atoms with van der Waals surface area (Å²) in [4.78, 5) is 18.9. The predicted molar refractivity (Wildman–Crippen MR) is 181 cm³/mol. The Hall–Kier alpha value is -3.26. The van der Waals surface area contributed by atoms with E-state index in [2.05, 4.69) is 48.8 Å². The van der Waals surface area contributed by atoms with Crippen molar-refractivity contribution in [1.82, 2.24) is 15.2 Å². The number of nitrogens with one attached hydrogen (secondary N) is 1. The average molecular weight is 586 g/mol. The van der Waals surface area contributed by atoms with Gasteiger partial charge in [-0.15, -0.1) is 13.2 Å². The van der Waals surface area contributed by atoms with Gasteiger partial charge in [-0.25, -0.2) is 0 Å². The quantitative estimate of drug-likeness (QED) is 0.228. The minimum Gasteiger partial charge on any atom is -0.492 e. The van der Waals surface area contributed by atoms with Crippen molar-refractivity contribution in [3.8, 4) is 16.9 Å². The average Bonchev–Trinajstić information content (AvgIpc) is 3.07. The van der Waals surface area contributed by atoms with Crippen molar-refractivity contribution in [2.24, 2.45) is 0 Å². The minimum atomic E-state index is -0.0555. The fraction of sp³-hybridized carbons (Fsp3) is 0.486. The van der Waals surface area contributed by atoms with E-state index in [-0.39, 0.29) is 12.3 Å². The summed E-state index contributed by atoms with van der Waals surface area (Å²) < 4.78 is 11.2. The molecule has 1 aromatic carbocycles. The summed E-state index contributed by atoms with van der Waals surface area (Å²) in [5.41, 5.74) is 3.80. The van der Waals surface area contributed by atoms with Crippen LogP contribution in [0.5, 0.6) is 5.75 Å². The van der Waals surface area contributed by atoms with E-state index in [4.69, 9.17) is 14.6 Å². The zero-order valence-electron chi connectivity index (χ0n) is 27.7. The molecule has 1 saturated heterocycles. The van der Waals surface area contributed by atoms with Crippen molar-refractivity contribution >= 4 is 5.91 Å². The Morgan fingerprint density at radius 2 is 1.57 bits per heavy atom. The summed E-state index contributed by atoms with van der Waals surface area (Å²) in [6.45, 7) is 29.5. The molecule has 0 spiro atoms. The van der Waals surface area contributed by atoms with Crippen molar-refractivity contribution in [3.05, 3.63) is 85.8 Å². The molecule has 1 aliphatic heterocycles. The number of benzene rings is 1. The van der Waals surface area contributed by atoms with Gasteiger partial charge in [0.2, 0.25) is 5.91 Å². The number of carbonyl (C=O) groups is 1. The number of hydrogen-bond donors (Lipinski definition) is 2. The Balaban J connectivity index is -0.00000123. The standard InChI is InChI=1S/C25H31N3O3.C3H8.2C2H6.C2H4.CH4O/c1-3-20(4-2)18-27-25(29)17-23-8-5-22(19-26-23)21-6-9-24(10-7-21)31-16-13-28-11-14-30-15-12-28;1-3-2;4*1-2/h3-10,19H,1,11-18H2,2H3,(H,27,29);3H2,1-2H3;2*1-2H3;1-2H2;2H,1H3/b20-4+;;;;;. The third-order valence-corrected chi connectivity index (χ3v) is 5.26. The van der Waals surface area contributed by atoms with Crippen molar-refractivity contribution in [3.63, 3.8) is 0 Å². The van der Waals surface area contributed by atoms with Gasteiger partial charge in [0.05, 0.1) is 19.6 Å². The van der Waals surface area contributed by atoms with Gasteiger partial charge < -0.3 is 19.9 Å². The number of rotatable bonds is 10. The van der Waals surface area contributed by atoms with Gasteiger partial charge in [-0.1, -0.05) is 84.9 Å². The molecule has 0 unspecified atom stereocenters. The molecule has 3 rings (SSSR count). The molecule has 0 radical (unpaired) electrons. The van der Waals surface area contributed by atoms with Crippen molar-refractivity contribution in [2.45, 2.75) is 61.3 Å². The second kappa shape index (κ2) is 32.3. The molecular weight excluding hydrogens is 526 g/mol. The van der Waals surface area contributed by atoms with Gasteiger partial charge >= 0.3 is 0 Å². The molecule has 1 aliphatic rings. The first-order valence-electron chi connectivity index (χ1n) is 15.1. The molecule has 7 heteroatoms. The normalized spacial score (nSPS) is 11.9. The van der Waals surface area contributed by atoms with Crippen molar-refractivity contribution in [2.75, 3.05) is 53.1 Å². The molecule has 0 atom stereocenters. The van der Waals surface area contributed by atoms with E-state index in [9.17, 15) is 4.79 Å². The Bertz CT molecular complexity index is 907. The first-order chi connectivity index (χ1) is 20.6. The molecule has 1 fully saturated rings. The Kier molecular flexibility index (Phi) is 33.2. The van der Waals surface area contributed by atoms with E-state index >= 15 is 0 Å². The van der Waals surface area contributed by atoms with Crippen LogP contribution in [-0.4, -0.2) is 74.0 Å². The van der Waals surface area contributed by atoms with Gasteiger partial charge in [0.25, 0.3) is 0 Å². The predicted octanol–water partition coefficient (Wildman–Crippen LogP) is 7.13. The summed E-state index contributed by atoms with van der Waals surface area (Å²) >= 11 is 0. The van der Waals surface area contributed by atoms with Crippen LogP contribution in [0.2, 0.25) is 0 Å². The molecule has 2 aromatic rings. The van der Waals surface area contributed by atoms with Gasteiger partial charge in [0.15, 0.2) is 0 Å². The molecule has 2 N–H and O–H groups in total. The van der Waals surface area contributed by atoms with Crippen LogP contribution in [-0.2, 0) is 16.0 Å². The molecule has 0 saturated carbocycles. The fourth-order valence-corrected chi connectivity index (χ4v) is 3.28. The van der Waals surface area contributed by atoms with Gasteiger partial charge in [-0.05, 0) is 36.3 Å². The number of aliphatic hydroxyl groups is 1. The van der Waals surface area contributed by atoms with E-state index in [0.717, 1.165) is 68.1 Å². The van der Waals surface area contributed by atoms with E-state index in [1.54, 1.807) is 12.3 Å². The zero-order valence-corrected chi connectivity index (χ0v) is 27.7. The fourth-order valence-electron chi connectivity index (χ4n) is 3.28. The number of aliphatic hydroxyl groups excluding tert-OH is 1. The number of morpholine rings is 1. The summed E-state index contributed by atoms with van der Waals surface area (Å²) in [6, 6.07) is 11.9. The molecule has 42 heavy (non-hydrogen) atoms. The number of carbonyl (C=O) groups excluding carboxylic acids is 1. The highest BCUT2D eigenvalue weighted by atomic mass is 16.5. The number of ether oxygens (including phenoxy) is 2. The van der Waals surface area contributed by atoms with E-state index in [0.29, 0.717) is 13.2 Å². The number of nitrogens with zero attached hydrogens (tertiary/aromatic N) is 2. The third kappa shape index (κ3) is 20.6. The lowest BCUT2D eigenvalue weighted by molar-refractivity contribution is -0.120. The molecule has 1 amide bonds. The minimum absolute atomic E-state index is 0.0555. The topological polar surface area (TPSA) is 83.9 Å². The number of aromatic nitrogens is 1. The van der Waals surface area contributed by atoms with Crippen LogP contribution < -0.4 is 10.1 Å². The lowest BCUT2D eigenvalue weighted by Crippen LogP contribution is -2.38. The highest BCUT2D eigenvalue weighted by Gasteiger charge is 2.10. The van der Waals surface area contributed by atoms with Gasteiger partial charge in [-0.3, -0.25) is 14.7 Å². The van der Waals surface area contributed by atoms with Crippen LogP contribution in [0.1, 0.15) is 60.6 Å². The van der Waals surface area contributed by atoms with Gasteiger partial charge in [-0.2, -0.15) is 0 Å². The molecule has 0 bridgehead atoms. The van der Waals surface area contributed by atoms with Crippen LogP contribution >= 0.6 is 0 Å². The molecule has 1 aromatic heterocycles. The number of pyridine rings is 1. The first-order valence-corrected chi connectivity index (χ1v) is 15.1. The summed E-state index contributed by atoms with van der Waals surface area (Å²) in [5.74, 6) is 0.804. The Morgan fingerprint density at radius 3 is 2.05 bits per heavy atom. The third-order valence-electron chi connectivity index (χ3n) is 5.26. The van der Waals surface area contributed by atoms with Crippen molar-refractivity contribution < 1.29 is 19.4 Å². The highest BCUT2D eigenvalue weighted by molar-refractivity contribution is 5.78. The maximum absolute atomic E-state index is 12.1. The van der Waals surface area contributed by atoms with E-state index < -0.39 is 0 Å². The van der Waals surface area contributed by atoms with Crippen LogP contribution in [0.15, 0.2) is 80.1 Å². The maximum Gasteiger partial charge on any atom is 0.226 e. The van der Waals surface area contributed by atoms with Gasteiger partial charge in [0, 0.05) is 50.7 Å². The second-order valence-electron chi connectivity index (χ2n) is 8.09. The summed E-state index contributed by atoms with van der Waals surface area (Å²) in [5, 5.41) is 9.88. The number of hydrogen-bond acceptors (Lipinski definition) is 6. The monoisotopic (exact) mass is 585 g/mol. The van der Waals surface area contributed by atoms with E-state index in [1.165, 1.54) is 6.42 Å². The maximum atomic E-state index is 12.1. The van der Waals surface area contributed by atoms with Gasteiger partial charge in [0.1, 0.15) is 12.4 Å². The lowest BCUT2D eigenvalue weighted by Gasteiger charge is -2.26. The zero-order chi connectivity index (χ0) is 32.6. The number of allylic oxidation sites excluding steroid dienone is 1. The molecular formula is C35H59N3O4. The van der Waals surface area contributed by atoms with Crippen molar-refractivity contribution in [1.29, 1.82) is 0 Å². The number of amides is 1. The molecule has 0 aliphatic carbocycles. The summed E-state index contributed by atoms with van der Waals surface area (Å²) in [6.07, 6.45) is 6.98. The SMILES string of the molecule is C=C.C=C/C(=C\C)CNC(=O)Cc1ccc(-c2ccc(OCCN3CCOCC3)cc2)cn1.CC.CC.CCC.CO. The van der Waals surface area contributed by atoms with Crippen LogP contribution in [0.25, 0.3) is 11.1 Å². The second-order valence-corrected chi connectivity index (χ2v) is 8.09. The van der Waals surface area contributed by atoms with Crippen LogP contribution in [0.4, 0.5) is 0 Å². The highest BCUT2D eigenvalue weighted by Crippen LogP contribution is 2.22. The Labute approximate surface area is 257 Å². The first kappa shape index (κ1) is 43.2. The molecule has 238 valence electrons. The summed E-state index contributed by atoms with van der Waals surface area (Å²) in [7, 11) is 1.00. The smallest absolute Gasteiger partial charge is 0.226 e.